The van der Waals surface area contributed by atoms with Crippen LogP contribution in [-0.4, -0.2) is 38.2 Å². The SMILES string of the molecule is CCn1cnc(-c2ccc3c(c2)CN([C@@H]2CCC(=O)NC2=O)C3=O)c1-c1ccccc1. The van der Waals surface area contributed by atoms with Crippen LogP contribution in [0.15, 0.2) is 54.9 Å². The molecule has 1 fully saturated rings. The molecule has 1 atom stereocenters. The molecule has 0 bridgehead atoms. The zero-order valence-corrected chi connectivity index (χ0v) is 17.2. The molecule has 156 valence electrons. The van der Waals surface area contributed by atoms with Crippen molar-refractivity contribution in [3.63, 3.8) is 0 Å². The van der Waals surface area contributed by atoms with Crippen molar-refractivity contribution in [1.82, 2.24) is 19.8 Å². The smallest absolute Gasteiger partial charge is 0.255 e. The first-order valence-electron chi connectivity index (χ1n) is 10.5. The molecule has 2 aliphatic rings. The van der Waals surface area contributed by atoms with Crippen LogP contribution in [0, 0.1) is 0 Å². The zero-order chi connectivity index (χ0) is 21.5. The molecule has 7 nitrogen and oxygen atoms in total. The molecule has 3 amide bonds. The molecular formula is C24H22N4O3. The van der Waals surface area contributed by atoms with E-state index in [1.54, 1.807) is 4.90 Å². The molecule has 0 unspecified atom stereocenters. The van der Waals surface area contributed by atoms with Gasteiger partial charge in [0.2, 0.25) is 11.8 Å². The third kappa shape index (κ3) is 3.22. The van der Waals surface area contributed by atoms with E-state index >= 15 is 0 Å². The average Bonchev–Trinajstić information content (AvgIpc) is 3.35. The Morgan fingerprint density at radius 1 is 1.06 bits per heavy atom. The van der Waals surface area contributed by atoms with Gasteiger partial charge in [0.1, 0.15) is 6.04 Å². The fourth-order valence-electron chi connectivity index (χ4n) is 4.45. The van der Waals surface area contributed by atoms with E-state index in [0.717, 1.165) is 34.6 Å². The summed E-state index contributed by atoms with van der Waals surface area (Å²) in [6, 6.07) is 15.2. The molecular weight excluding hydrogens is 392 g/mol. The van der Waals surface area contributed by atoms with Crippen LogP contribution < -0.4 is 5.32 Å². The fraction of sp³-hybridized carbons (Fsp3) is 0.250. The largest absolute Gasteiger partial charge is 0.330 e. The van der Waals surface area contributed by atoms with E-state index in [4.69, 9.17) is 0 Å². The molecule has 0 radical (unpaired) electrons. The van der Waals surface area contributed by atoms with E-state index in [1.165, 1.54) is 0 Å². The predicted molar refractivity (Wildman–Crippen MR) is 115 cm³/mol. The van der Waals surface area contributed by atoms with Gasteiger partial charge < -0.3 is 9.47 Å². The summed E-state index contributed by atoms with van der Waals surface area (Å²) in [7, 11) is 0. The summed E-state index contributed by atoms with van der Waals surface area (Å²) in [6.45, 7) is 3.23. The van der Waals surface area contributed by atoms with E-state index in [1.807, 2.05) is 42.7 Å². The summed E-state index contributed by atoms with van der Waals surface area (Å²) in [6.07, 6.45) is 2.44. The van der Waals surface area contributed by atoms with Crippen LogP contribution in [0.2, 0.25) is 0 Å². The third-order valence-corrected chi connectivity index (χ3v) is 6.02. The van der Waals surface area contributed by atoms with E-state index < -0.39 is 11.9 Å². The van der Waals surface area contributed by atoms with Crippen LogP contribution in [-0.2, 0) is 22.7 Å². The molecule has 3 heterocycles. The van der Waals surface area contributed by atoms with Crippen molar-refractivity contribution < 1.29 is 14.4 Å². The lowest BCUT2D eigenvalue weighted by Crippen LogP contribution is -2.52. The van der Waals surface area contributed by atoms with Gasteiger partial charge in [-0.1, -0.05) is 36.4 Å². The number of hydrogen-bond donors (Lipinski definition) is 1. The highest BCUT2D eigenvalue weighted by atomic mass is 16.2. The number of nitrogens with one attached hydrogen (secondary N) is 1. The second-order valence-corrected chi connectivity index (χ2v) is 7.87. The van der Waals surface area contributed by atoms with E-state index in [9.17, 15) is 14.4 Å². The second-order valence-electron chi connectivity index (χ2n) is 7.87. The minimum atomic E-state index is -0.611. The molecule has 7 heteroatoms. The minimum absolute atomic E-state index is 0.168. The number of hydrogen-bond acceptors (Lipinski definition) is 4. The van der Waals surface area contributed by atoms with Gasteiger partial charge in [-0.2, -0.15) is 0 Å². The van der Waals surface area contributed by atoms with Crippen LogP contribution in [0.5, 0.6) is 0 Å². The average molecular weight is 414 g/mol. The predicted octanol–water partition coefficient (Wildman–Crippen LogP) is 3.00. The Kier molecular flexibility index (Phi) is 4.66. The Hall–Kier alpha value is -3.74. The zero-order valence-electron chi connectivity index (χ0n) is 17.2. The van der Waals surface area contributed by atoms with Gasteiger partial charge in [0.15, 0.2) is 0 Å². The van der Waals surface area contributed by atoms with E-state index in [2.05, 4.69) is 33.9 Å². The summed E-state index contributed by atoms with van der Waals surface area (Å²) in [4.78, 5) is 42.9. The van der Waals surface area contributed by atoms with Gasteiger partial charge in [-0.25, -0.2) is 4.98 Å². The highest BCUT2D eigenvalue weighted by Crippen LogP contribution is 2.35. The maximum Gasteiger partial charge on any atom is 0.255 e. The molecule has 31 heavy (non-hydrogen) atoms. The first-order valence-corrected chi connectivity index (χ1v) is 10.5. The first-order chi connectivity index (χ1) is 15.1. The maximum absolute atomic E-state index is 13.0. The van der Waals surface area contributed by atoms with Gasteiger partial charge in [0, 0.05) is 36.2 Å². The lowest BCUT2D eigenvalue weighted by Gasteiger charge is -2.29. The number of imidazole rings is 1. The quantitative estimate of drug-likeness (QED) is 0.665. The molecule has 3 aromatic rings. The number of rotatable bonds is 4. The number of carbonyl (C=O) groups excluding carboxylic acids is 3. The maximum atomic E-state index is 13.0. The van der Waals surface area contributed by atoms with Crippen molar-refractivity contribution in [2.75, 3.05) is 0 Å². The highest BCUT2D eigenvalue weighted by molar-refractivity contribution is 6.05. The third-order valence-electron chi connectivity index (χ3n) is 6.02. The molecule has 0 aliphatic carbocycles. The molecule has 5 rings (SSSR count). The number of piperidine rings is 1. The highest BCUT2D eigenvalue weighted by Gasteiger charge is 2.39. The molecule has 0 saturated carbocycles. The number of imide groups is 1. The number of fused-ring (bicyclic) bond motifs is 1. The van der Waals surface area contributed by atoms with Crippen molar-refractivity contribution in [2.24, 2.45) is 0 Å². The van der Waals surface area contributed by atoms with Crippen molar-refractivity contribution in [3.8, 4) is 22.5 Å². The topological polar surface area (TPSA) is 84.3 Å². The molecule has 2 aliphatic heterocycles. The summed E-state index contributed by atoms with van der Waals surface area (Å²) in [5, 5.41) is 2.34. The van der Waals surface area contributed by atoms with Crippen molar-refractivity contribution >= 4 is 17.7 Å². The van der Waals surface area contributed by atoms with Crippen LogP contribution in [0.1, 0.15) is 35.7 Å². The normalized spacial score (nSPS) is 18.3. The van der Waals surface area contributed by atoms with Gasteiger partial charge in [0.05, 0.1) is 17.7 Å². The molecule has 2 aromatic carbocycles. The fourth-order valence-corrected chi connectivity index (χ4v) is 4.45. The number of aryl methyl sites for hydroxylation is 1. The number of benzene rings is 2. The number of amides is 3. The number of carbonyl (C=O) groups is 3. The first kappa shape index (κ1) is 19.2. The summed E-state index contributed by atoms with van der Waals surface area (Å²) >= 11 is 0. The second kappa shape index (κ2) is 7.50. The van der Waals surface area contributed by atoms with Crippen LogP contribution >= 0.6 is 0 Å². The lowest BCUT2D eigenvalue weighted by molar-refractivity contribution is -0.136. The summed E-state index contributed by atoms with van der Waals surface area (Å²) in [5.41, 5.74) is 5.39. The van der Waals surface area contributed by atoms with E-state index in [0.29, 0.717) is 18.5 Å². The van der Waals surface area contributed by atoms with Gasteiger partial charge in [-0.15, -0.1) is 0 Å². The standard InChI is InChI=1S/C24H22N4O3/c1-2-27-14-25-21(22(27)15-6-4-3-5-7-15)16-8-9-18-17(12-16)13-28(24(18)31)19-10-11-20(29)26-23(19)30/h3-9,12,14,19H,2,10-11,13H2,1H3,(H,26,29,30)/t19-/m1/s1. The summed E-state index contributed by atoms with van der Waals surface area (Å²) in [5.74, 6) is -0.850. The molecule has 1 N–H and O–H groups in total. The van der Waals surface area contributed by atoms with Gasteiger partial charge in [-0.3, -0.25) is 19.7 Å². The molecule has 1 saturated heterocycles. The Balaban J connectivity index is 1.50. The van der Waals surface area contributed by atoms with Gasteiger partial charge in [0.25, 0.3) is 5.91 Å². The lowest BCUT2D eigenvalue weighted by atomic mass is 10.0. The molecule has 1 aromatic heterocycles. The van der Waals surface area contributed by atoms with Gasteiger partial charge >= 0.3 is 0 Å². The van der Waals surface area contributed by atoms with Crippen LogP contribution in [0.25, 0.3) is 22.5 Å². The van der Waals surface area contributed by atoms with Gasteiger partial charge in [-0.05, 0) is 31.0 Å². The Morgan fingerprint density at radius 2 is 1.87 bits per heavy atom. The number of nitrogens with zero attached hydrogens (tertiary/aromatic N) is 3. The van der Waals surface area contributed by atoms with Crippen molar-refractivity contribution in [3.05, 3.63) is 66.0 Å². The Morgan fingerprint density at radius 3 is 2.61 bits per heavy atom. The Labute approximate surface area is 179 Å². The minimum Gasteiger partial charge on any atom is -0.330 e. The number of aromatic nitrogens is 2. The Bertz CT molecular complexity index is 1200. The molecule has 0 spiro atoms. The summed E-state index contributed by atoms with van der Waals surface area (Å²) < 4.78 is 2.11. The van der Waals surface area contributed by atoms with Crippen molar-refractivity contribution in [1.29, 1.82) is 0 Å². The van der Waals surface area contributed by atoms with Crippen LogP contribution in [0.4, 0.5) is 0 Å². The van der Waals surface area contributed by atoms with E-state index in [-0.39, 0.29) is 18.2 Å². The van der Waals surface area contributed by atoms with Crippen LogP contribution in [0.3, 0.4) is 0 Å². The monoisotopic (exact) mass is 414 g/mol. The van der Waals surface area contributed by atoms with Crippen molar-refractivity contribution in [2.45, 2.75) is 38.9 Å².